The Kier molecular flexibility index (Phi) is 6.41. The summed E-state index contributed by atoms with van der Waals surface area (Å²) in [6.07, 6.45) is 1.29. The molecular formula is C19H19ClF3N5O. The van der Waals surface area contributed by atoms with Gasteiger partial charge in [0.1, 0.15) is 17.2 Å². The monoisotopic (exact) mass is 425 g/mol. The second kappa shape index (κ2) is 8.81. The molecule has 1 heterocycles. The van der Waals surface area contributed by atoms with E-state index in [-0.39, 0.29) is 33.1 Å². The number of nitrogens with zero attached hydrogens (tertiary/aromatic N) is 3. The van der Waals surface area contributed by atoms with Gasteiger partial charge in [-0.2, -0.15) is 0 Å². The summed E-state index contributed by atoms with van der Waals surface area (Å²) < 4.78 is 41.8. The van der Waals surface area contributed by atoms with E-state index in [9.17, 15) is 18.4 Å². The number of aromatic amines is 1. The van der Waals surface area contributed by atoms with Crippen LogP contribution < -0.4 is 5.48 Å². The number of imidazole rings is 1. The Labute approximate surface area is 170 Å². The van der Waals surface area contributed by atoms with E-state index in [0.717, 1.165) is 25.1 Å². The lowest BCUT2D eigenvalue weighted by molar-refractivity contribution is 0.235. The van der Waals surface area contributed by atoms with Crippen LogP contribution in [0.15, 0.2) is 29.3 Å². The molecule has 154 valence electrons. The molecule has 0 amide bonds. The zero-order valence-corrected chi connectivity index (χ0v) is 16.5. The normalized spacial score (nSPS) is 12.2. The van der Waals surface area contributed by atoms with Crippen LogP contribution in [0.4, 0.5) is 18.9 Å². The maximum absolute atomic E-state index is 14.3. The maximum atomic E-state index is 14.3. The Bertz CT molecular complexity index is 1070. The lowest BCUT2D eigenvalue weighted by Gasteiger charge is -2.08. The van der Waals surface area contributed by atoms with Crippen LogP contribution >= 0.6 is 11.6 Å². The quantitative estimate of drug-likeness (QED) is 0.314. The highest BCUT2D eigenvalue weighted by Crippen LogP contribution is 2.26. The summed E-state index contributed by atoms with van der Waals surface area (Å²) in [7, 11) is 3.87. The number of nitrogens with one attached hydrogen (secondary N) is 2. The highest BCUT2D eigenvalue weighted by atomic mass is 35.5. The number of hydrogen-bond acceptors (Lipinski definition) is 4. The molecule has 29 heavy (non-hydrogen) atoms. The van der Waals surface area contributed by atoms with Crippen molar-refractivity contribution in [3.05, 3.63) is 58.1 Å². The second-order valence-corrected chi connectivity index (χ2v) is 7.11. The van der Waals surface area contributed by atoms with Crippen molar-refractivity contribution >= 4 is 34.2 Å². The average molecular weight is 426 g/mol. The Balaban J connectivity index is 2.06. The van der Waals surface area contributed by atoms with Gasteiger partial charge in [-0.1, -0.05) is 11.6 Å². The van der Waals surface area contributed by atoms with Gasteiger partial charge < -0.3 is 9.88 Å². The SMILES string of the molecule is CN(C)CCCc1nc2c(F)c(F)cc(C(=Nc3ccc(F)c(Cl)c3)NO)c2[nH]1. The lowest BCUT2D eigenvalue weighted by atomic mass is 10.1. The number of amidine groups is 1. The summed E-state index contributed by atoms with van der Waals surface area (Å²) >= 11 is 5.75. The second-order valence-electron chi connectivity index (χ2n) is 6.70. The lowest BCUT2D eigenvalue weighted by Crippen LogP contribution is -2.21. The van der Waals surface area contributed by atoms with Crippen LogP contribution in [0.25, 0.3) is 11.0 Å². The molecule has 2 aromatic carbocycles. The third-order valence-electron chi connectivity index (χ3n) is 4.23. The molecular weight excluding hydrogens is 407 g/mol. The number of fused-ring (bicyclic) bond motifs is 1. The first-order chi connectivity index (χ1) is 13.8. The summed E-state index contributed by atoms with van der Waals surface area (Å²) in [5.41, 5.74) is 2.13. The van der Waals surface area contributed by atoms with Crippen LogP contribution in [0.5, 0.6) is 0 Å². The smallest absolute Gasteiger partial charge is 0.186 e. The molecule has 10 heteroatoms. The predicted molar refractivity (Wildman–Crippen MR) is 105 cm³/mol. The minimum atomic E-state index is -1.14. The summed E-state index contributed by atoms with van der Waals surface area (Å²) in [5, 5.41) is 9.39. The van der Waals surface area contributed by atoms with Crippen molar-refractivity contribution in [2.75, 3.05) is 20.6 Å². The van der Waals surface area contributed by atoms with Gasteiger partial charge in [0.2, 0.25) is 0 Å². The van der Waals surface area contributed by atoms with E-state index in [4.69, 9.17) is 11.6 Å². The molecule has 3 aromatic rings. The van der Waals surface area contributed by atoms with Crippen molar-refractivity contribution in [1.29, 1.82) is 0 Å². The summed E-state index contributed by atoms with van der Waals surface area (Å²) in [6.45, 7) is 0.803. The molecule has 0 atom stereocenters. The van der Waals surface area contributed by atoms with Gasteiger partial charge >= 0.3 is 0 Å². The molecule has 0 unspecified atom stereocenters. The minimum Gasteiger partial charge on any atom is -0.341 e. The number of hydroxylamine groups is 1. The van der Waals surface area contributed by atoms with Gasteiger partial charge in [-0.05, 0) is 51.3 Å². The van der Waals surface area contributed by atoms with Gasteiger partial charge in [-0.3, -0.25) is 10.7 Å². The Morgan fingerprint density at radius 3 is 2.66 bits per heavy atom. The number of aliphatic imine (C=N–C) groups is 1. The molecule has 0 aliphatic carbocycles. The van der Waals surface area contributed by atoms with Crippen molar-refractivity contribution < 1.29 is 18.4 Å². The maximum Gasteiger partial charge on any atom is 0.186 e. The number of halogens is 4. The standard InChI is InChI=1S/C19H19ClF3N5O/c1-28(2)7-3-4-15-25-17-11(9-14(22)16(23)18(17)26-15)19(27-29)24-10-5-6-13(21)12(20)8-10/h5-6,8-9,29H,3-4,7H2,1-2H3,(H,24,27)(H,25,26). The molecule has 0 aliphatic heterocycles. The molecule has 0 spiro atoms. The van der Waals surface area contributed by atoms with Crippen molar-refractivity contribution in [3.8, 4) is 0 Å². The first-order valence-corrected chi connectivity index (χ1v) is 9.13. The fourth-order valence-corrected chi connectivity index (χ4v) is 3.02. The highest BCUT2D eigenvalue weighted by molar-refractivity contribution is 6.31. The topological polar surface area (TPSA) is 76.5 Å². The van der Waals surface area contributed by atoms with Gasteiger partial charge in [0.15, 0.2) is 17.5 Å². The molecule has 0 fully saturated rings. The largest absolute Gasteiger partial charge is 0.341 e. The fourth-order valence-electron chi connectivity index (χ4n) is 2.85. The van der Waals surface area contributed by atoms with Gasteiger partial charge in [0, 0.05) is 12.0 Å². The third kappa shape index (κ3) is 4.69. The number of aromatic nitrogens is 2. The van der Waals surface area contributed by atoms with Crippen LogP contribution in [-0.2, 0) is 6.42 Å². The first kappa shape index (κ1) is 21.1. The van der Waals surface area contributed by atoms with Crippen molar-refractivity contribution in [2.45, 2.75) is 12.8 Å². The summed E-state index contributed by atoms with van der Waals surface area (Å²) in [4.78, 5) is 13.3. The van der Waals surface area contributed by atoms with E-state index in [0.29, 0.717) is 12.2 Å². The van der Waals surface area contributed by atoms with E-state index in [1.807, 2.05) is 24.5 Å². The minimum absolute atomic E-state index is 0.0632. The zero-order valence-electron chi connectivity index (χ0n) is 15.7. The van der Waals surface area contributed by atoms with Gasteiger partial charge in [0.05, 0.1) is 16.2 Å². The molecule has 0 aliphatic rings. The Morgan fingerprint density at radius 2 is 2.00 bits per heavy atom. The molecule has 3 rings (SSSR count). The summed E-state index contributed by atoms with van der Waals surface area (Å²) in [6, 6.07) is 4.57. The first-order valence-electron chi connectivity index (χ1n) is 8.75. The van der Waals surface area contributed by atoms with Crippen LogP contribution in [0.2, 0.25) is 5.02 Å². The van der Waals surface area contributed by atoms with Crippen molar-refractivity contribution in [2.24, 2.45) is 4.99 Å². The zero-order chi connectivity index (χ0) is 21.1. The highest BCUT2D eigenvalue weighted by Gasteiger charge is 2.20. The average Bonchev–Trinajstić information content (AvgIpc) is 3.10. The van der Waals surface area contributed by atoms with Crippen LogP contribution in [0, 0.1) is 17.5 Å². The molecule has 1 aromatic heterocycles. The molecule has 6 nitrogen and oxygen atoms in total. The number of rotatable bonds is 6. The Hall–Kier alpha value is -2.62. The molecule has 0 saturated carbocycles. The van der Waals surface area contributed by atoms with Gasteiger partial charge in [0.25, 0.3) is 0 Å². The van der Waals surface area contributed by atoms with Crippen molar-refractivity contribution in [1.82, 2.24) is 20.3 Å². The third-order valence-corrected chi connectivity index (χ3v) is 4.52. The molecule has 0 bridgehead atoms. The van der Waals surface area contributed by atoms with E-state index < -0.39 is 17.5 Å². The van der Waals surface area contributed by atoms with Gasteiger partial charge in [-0.15, -0.1) is 0 Å². The molecule has 3 N–H and O–H groups in total. The number of benzene rings is 2. The van der Waals surface area contributed by atoms with E-state index in [1.54, 1.807) is 0 Å². The van der Waals surface area contributed by atoms with E-state index in [1.165, 1.54) is 12.1 Å². The number of hydrogen-bond donors (Lipinski definition) is 3. The van der Waals surface area contributed by atoms with E-state index in [2.05, 4.69) is 15.0 Å². The molecule has 0 radical (unpaired) electrons. The Morgan fingerprint density at radius 1 is 1.24 bits per heavy atom. The van der Waals surface area contributed by atoms with Crippen LogP contribution in [0.3, 0.4) is 0 Å². The van der Waals surface area contributed by atoms with Crippen LogP contribution in [0.1, 0.15) is 17.8 Å². The molecule has 0 saturated heterocycles. The number of aryl methyl sites for hydroxylation is 1. The van der Waals surface area contributed by atoms with Crippen molar-refractivity contribution in [3.63, 3.8) is 0 Å². The summed E-state index contributed by atoms with van der Waals surface area (Å²) in [5.74, 6) is -2.56. The van der Waals surface area contributed by atoms with E-state index >= 15 is 0 Å². The van der Waals surface area contributed by atoms with Gasteiger partial charge in [-0.25, -0.2) is 23.1 Å². The fraction of sp³-hybridized carbons (Fsp3) is 0.263. The van der Waals surface area contributed by atoms with Crippen LogP contribution in [-0.4, -0.2) is 46.6 Å². The predicted octanol–water partition coefficient (Wildman–Crippen LogP) is 4.18. The number of H-pyrrole nitrogens is 1.